The summed E-state index contributed by atoms with van der Waals surface area (Å²) in [7, 11) is 1.52. The number of rotatable bonds is 6. The number of fused-ring (bicyclic) bond motifs is 6. The molecule has 0 unspecified atom stereocenters. The molecular formula is C41H50F4N8O4S. The van der Waals surface area contributed by atoms with E-state index in [-0.39, 0.29) is 41.9 Å². The molecule has 3 fully saturated rings. The lowest BCUT2D eigenvalue weighted by Gasteiger charge is -2.36. The number of esters is 1. The van der Waals surface area contributed by atoms with E-state index in [1.807, 2.05) is 19.9 Å². The number of hydrogen-bond acceptors (Lipinski definition) is 11. The Balaban J connectivity index is 1.32. The molecule has 3 aliphatic heterocycles. The zero-order valence-electron chi connectivity index (χ0n) is 33.2. The van der Waals surface area contributed by atoms with Crippen molar-refractivity contribution in [3.63, 3.8) is 0 Å². The topological polar surface area (TPSA) is 131 Å². The number of nitrogens with zero attached hydrogens (tertiary/aromatic N) is 6. The van der Waals surface area contributed by atoms with Gasteiger partial charge in [0.25, 0.3) is 5.91 Å². The second-order valence-corrected chi connectivity index (χ2v) is 17.8. The highest BCUT2D eigenvalue weighted by Crippen LogP contribution is 2.45. The number of nitrogens with one attached hydrogen (secondary N) is 1. The van der Waals surface area contributed by atoms with Crippen LogP contribution in [0, 0.1) is 11.2 Å². The first-order chi connectivity index (χ1) is 27.6. The molecule has 0 radical (unpaired) electrons. The molecule has 12 nitrogen and oxygen atoms in total. The maximum atomic E-state index is 16.4. The van der Waals surface area contributed by atoms with Crippen molar-refractivity contribution in [3.8, 4) is 22.5 Å². The molecule has 0 spiro atoms. The molecule has 6 bridgehead atoms. The van der Waals surface area contributed by atoms with Crippen LogP contribution in [0.4, 0.5) is 23.2 Å². The Hall–Kier alpha value is -4.16. The number of carbonyl (C=O) groups is 2. The average Bonchev–Trinajstić information content (AvgIpc) is 3.89. The lowest BCUT2D eigenvalue weighted by molar-refractivity contribution is -0.155. The standard InChI is InChI=1S/C41H50F4N8O4S/c1-23(56-4)36-28(14-25(19-47-36)51-12-10-50(11-13-51)24-7-8-24)37-29-18-40(2,3)22-57-39(55)32-6-5-9-53(49-32)38(54)31(46)17-35-48-33(20-58-35)27-15-26(29)34(16-30(27)42)52(37)21-41(43,44)45/h14-16,19-20,23-24,31-32,49H,5-13,17-18,21-22,46H2,1-4H3/t23-,31-,32-/m0/s1. The highest BCUT2D eigenvalue weighted by Gasteiger charge is 2.38. The number of methoxy groups -OCH3 is 1. The van der Waals surface area contributed by atoms with Gasteiger partial charge in [-0.3, -0.25) is 24.5 Å². The smallest absolute Gasteiger partial charge is 0.406 e. The predicted octanol–water partition coefficient (Wildman–Crippen LogP) is 6.01. The van der Waals surface area contributed by atoms with Gasteiger partial charge in [0, 0.05) is 79.6 Å². The van der Waals surface area contributed by atoms with Crippen LogP contribution in [0.5, 0.6) is 0 Å². The van der Waals surface area contributed by atoms with E-state index < -0.39 is 54.0 Å². The number of alkyl halides is 3. The van der Waals surface area contributed by atoms with Crippen LogP contribution in [0.1, 0.15) is 68.8 Å². The van der Waals surface area contributed by atoms with E-state index in [1.54, 1.807) is 24.6 Å². The second kappa shape index (κ2) is 15.8. The van der Waals surface area contributed by atoms with Crippen molar-refractivity contribution in [3.05, 3.63) is 51.9 Å². The zero-order valence-corrected chi connectivity index (χ0v) is 34.0. The minimum Gasteiger partial charge on any atom is -0.464 e. The number of hydrogen-bond donors (Lipinski definition) is 2. The lowest BCUT2D eigenvalue weighted by Crippen LogP contribution is -2.59. The molecule has 3 atom stereocenters. The Bertz CT molecular complexity index is 2200. The SMILES string of the molecule is CO[C@@H](C)c1ncc(N2CCN(C3CC3)CC2)cc1-c1c2c3cc(c(F)cc3n1CC(F)(F)F)-c1csc(n1)C[C@H](N)C(=O)N1CCC[C@H](N1)C(=O)OCC(C)(C)C2. The van der Waals surface area contributed by atoms with Crippen LogP contribution in [0.15, 0.2) is 29.8 Å². The van der Waals surface area contributed by atoms with Gasteiger partial charge in [-0.05, 0) is 62.8 Å². The largest absolute Gasteiger partial charge is 0.464 e. The van der Waals surface area contributed by atoms with Gasteiger partial charge >= 0.3 is 12.1 Å². The maximum absolute atomic E-state index is 16.4. The Labute approximate surface area is 338 Å². The van der Waals surface area contributed by atoms with Crippen LogP contribution in [0.25, 0.3) is 33.4 Å². The summed E-state index contributed by atoms with van der Waals surface area (Å²) in [6.07, 6.45) is 0.0769. The van der Waals surface area contributed by atoms with Gasteiger partial charge in [0.1, 0.15) is 18.4 Å². The summed E-state index contributed by atoms with van der Waals surface area (Å²) in [5.74, 6) is -1.71. The monoisotopic (exact) mass is 826 g/mol. The number of amides is 1. The highest BCUT2D eigenvalue weighted by molar-refractivity contribution is 7.10. The number of cyclic esters (lactones) is 1. The first kappa shape index (κ1) is 40.6. The highest BCUT2D eigenvalue weighted by atomic mass is 32.1. The molecule has 3 N–H and O–H groups in total. The molecular weight excluding hydrogens is 777 g/mol. The van der Waals surface area contributed by atoms with E-state index in [4.69, 9.17) is 20.2 Å². The molecule has 4 aromatic rings. The quantitative estimate of drug-likeness (QED) is 0.176. The molecule has 1 saturated carbocycles. The van der Waals surface area contributed by atoms with Crippen LogP contribution < -0.4 is 16.1 Å². The number of carbonyl (C=O) groups excluding carboxylic acids is 2. The molecule has 4 aliphatic rings. The van der Waals surface area contributed by atoms with Gasteiger partial charge < -0.3 is 24.7 Å². The Morgan fingerprint density at radius 2 is 1.84 bits per heavy atom. The van der Waals surface area contributed by atoms with Crippen LogP contribution in [0.3, 0.4) is 0 Å². The van der Waals surface area contributed by atoms with Crippen molar-refractivity contribution in [1.82, 2.24) is 29.9 Å². The molecule has 2 saturated heterocycles. The first-order valence-corrected chi connectivity index (χ1v) is 20.8. The maximum Gasteiger partial charge on any atom is 0.406 e. The number of aromatic nitrogens is 3. The summed E-state index contributed by atoms with van der Waals surface area (Å²) < 4.78 is 73.7. The average molecular weight is 827 g/mol. The van der Waals surface area contributed by atoms with Crippen LogP contribution >= 0.6 is 11.3 Å². The van der Waals surface area contributed by atoms with Crippen LogP contribution in [-0.2, 0) is 38.4 Å². The van der Waals surface area contributed by atoms with E-state index in [0.717, 1.165) is 42.5 Å². The van der Waals surface area contributed by atoms with Gasteiger partial charge in [-0.2, -0.15) is 13.2 Å². The van der Waals surface area contributed by atoms with Crippen LogP contribution in [-0.4, -0.2) is 107 Å². The first-order valence-electron chi connectivity index (χ1n) is 20.0. The van der Waals surface area contributed by atoms with E-state index in [0.29, 0.717) is 52.6 Å². The normalized spacial score (nSPS) is 22.9. The molecule has 1 aromatic carbocycles. The van der Waals surface area contributed by atoms with Crippen molar-refractivity contribution >= 4 is 39.8 Å². The minimum absolute atomic E-state index is 0.0554. The third-order valence-electron chi connectivity index (χ3n) is 11.8. The van der Waals surface area contributed by atoms with Crippen molar-refractivity contribution in [2.45, 2.75) is 96.2 Å². The number of nitrogens with two attached hydrogens (primary N) is 1. The summed E-state index contributed by atoms with van der Waals surface area (Å²) in [4.78, 5) is 41.1. The summed E-state index contributed by atoms with van der Waals surface area (Å²) in [6.45, 7) is 7.66. The lowest BCUT2D eigenvalue weighted by atomic mass is 9.84. The van der Waals surface area contributed by atoms with Crippen molar-refractivity contribution in [1.29, 1.82) is 0 Å². The van der Waals surface area contributed by atoms with Gasteiger partial charge in [-0.1, -0.05) is 13.8 Å². The molecule has 1 aliphatic carbocycles. The van der Waals surface area contributed by atoms with Gasteiger partial charge in [0.2, 0.25) is 0 Å². The Kier molecular flexibility index (Phi) is 11.1. The molecule has 17 heteroatoms. The zero-order chi connectivity index (χ0) is 41.1. The number of anilines is 1. The summed E-state index contributed by atoms with van der Waals surface area (Å²) >= 11 is 1.21. The van der Waals surface area contributed by atoms with Crippen molar-refractivity contribution in [2.24, 2.45) is 11.1 Å². The number of pyridine rings is 1. The minimum atomic E-state index is -4.68. The van der Waals surface area contributed by atoms with E-state index in [1.165, 1.54) is 36.3 Å². The predicted molar refractivity (Wildman–Crippen MR) is 213 cm³/mol. The molecule has 8 rings (SSSR count). The van der Waals surface area contributed by atoms with Gasteiger partial charge in [-0.15, -0.1) is 11.3 Å². The molecule has 1 amide bonds. The Morgan fingerprint density at radius 3 is 2.55 bits per heavy atom. The van der Waals surface area contributed by atoms with Gasteiger partial charge in [0.15, 0.2) is 0 Å². The number of benzene rings is 1. The number of ether oxygens (including phenoxy) is 2. The van der Waals surface area contributed by atoms with Crippen molar-refractivity contribution < 1.29 is 36.6 Å². The number of hydrazine groups is 1. The molecule has 6 heterocycles. The van der Waals surface area contributed by atoms with E-state index >= 15 is 4.39 Å². The van der Waals surface area contributed by atoms with Gasteiger partial charge in [0.05, 0.1) is 58.2 Å². The summed E-state index contributed by atoms with van der Waals surface area (Å²) in [6, 6.07) is 3.45. The van der Waals surface area contributed by atoms with E-state index in [9.17, 15) is 22.8 Å². The second-order valence-electron chi connectivity index (χ2n) is 16.8. The van der Waals surface area contributed by atoms with E-state index in [2.05, 4.69) is 20.2 Å². The molecule has 312 valence electrons. The number of halogens is 4. The van der Waals surface area contributed by atoms with Crippen LogP contribution in [0.2, 0.25) is 0 Å². The fourth-order valence-electron chi connectivity index (χ4n) is 8.53. The summed E-state index contributed by atoms with van der Waals surface area (Å²) in [5, 5.41) is 3.91. The number of thiazole rings is 1. The molecule has 58 heavy (non-hydrogen) atoms. The Morgan fingerprint density at radius 1 is 1.09 bits per heavy atom. The fraction of sp³-hybridized carbons (Fsp3) is 0.561. The van der Waals surface area contributed by atoms with Crippen molar-refractivity contribution in [2.75, 3.05) is 51.3 Å². The third kappa shape index (κ3) is 8.33. The third-order valence-corrected chi connectivity index (χ3v) is 12.6. The summed E-state index contributed by atoms with van der Waals surface area (Å²) in [5.41, 5.74) is 11.4. The fourth-order valence-corrected chi connectivity index (χ4v) is 9.38. The number of piperazine rings is 1. The molecule has 3 aromatic heterocycles. The van der Waals surface area contributed by atoms with Gasteiger partial charge in [-0.25, -0.2) is 14.8 Å².